The van der Waals surface area contributed by atoms with Crippen molar-refractivity contribution in [2.45, 2.75) is 12.5 Å². The minimum absolute atomic E-state index is 0.330. The van der Waals surface area contributed by atoms with Crippen LogP contribution < -0.4 is 10.1 Å². The number of benzene rings is 2. The van der Waals surface area contributed by atoms with E-state index in [4.69, 9.17) is 9.47 Å². The van der Waals surface area contributed by atoms with Gasteiger partial charge in [0.2, 0.25) is 0 Å². The highest BCUT2D eigenvalue weighted by atomic mass is 79.9. The molecule has 2 aromatic carbocycles. The molecule has 1 amide bonds. The van der Waals surface area contributed by atoms with Crippen LogP contribution in [0.5, 0.6) is 5.75 Å². The van der Waals surface area contributed by atoms with Gasteiger partial charge in [0.1, 0.15) is 11.8 Å². The minimum Gasteiger partial charge on any atom is -0.497 e. The van der Waals surface area contributed by atoms with Gasteiger partial charge in [0, 0.05) is 16.5 Å². The summed E-state index contributed by atoms with van der Waals surface area (Å²) < 4.78 is 10.7. The van der Waals surface area contributed by atoms with Crippen LogP contribution in [0.1, 0.15) is 15.9 Å². The van der Waals surface area contributed by atoms with Crippen molar-refractivity contribution in [1.82, 2.24) is 5.32 Å². The summed E-state index contributed by atoms with van der Waals surface area (Å²) in [5.41, 5.74) is 1.36. The summed E-state index contributed by atoms with van der Waals surface area (Å²) in [5.74, 6) is -0.0964. The van der Waals surface area contributed by atoms with E-state index < -0.39 is 12.0 Å². The molecule has 0 aliphatic heterocycles. The maximum Gasteiger partial charge on any atom is 0.328 e. The zero-order valence-electron chi connectivity index (χ0n) is 13.4. The Balaban J connectivity index is 2.12. The number of nitrogens with one attached hydrogen (secondary N) is 1. The molecule has 6 heteroatoms. The fourth-order valence-corrected chi connectivity index (χ4v) is 2.60. The first kappa shape index (κ1) is 18.0. The Morgan fingerprint density at radius 3 is 2.42 bits per heavy atom. The molecule has 0 heterocycles. The summed E-state index contributed by atoms with van der Waals surface area (Å²) in [6, 6.07) is 13.5. The zero-order chi connectivity index (χ0) is 17.5. The molecule has 0 spiro atoms. The van der Waals surface area contributed by atoms with Crippen LogP contribution in [-0.4, -0.2) is 32.1 Å². The highest BCUT2D eigenvalue weighted by Crippen LogP contribution is 2.14. The monoisotopic (exact) mass is 391 g/mol. The predicted octanol–water partition coefficient (Wildman–Crippen LogP) is 2.97. The Kier molecular flexibility index (Phi) is 6.37. The van der Waals surface area contributed by atoms with Crippen LogP contribution in [0.4, 0.5) is 0 Å². The molecule has 2 rings (SSSR count). The molecule has 0 aromatic heterocycles. The second-order valence-electron chi connectivity index (χ2n) is 5.11. The summed E-state index contributed by atoms with van der Waals surface area (Å²) in [4.78, 5) is 24.4. The number of esters is 1. The summed E-state index contributed by atoms with van der Waals surface area (Å²) in [7, 11) is 2.89. The number of carbonyl (C=O) groups excluding carboxylic acids is 2. The molecule has 1 N–H and O–H groups in total. The maximum absolute atomic E-state index is 12.4. The van der Waals surface area contributed by atoms with Crippen molar-refractivity contribution in [3.63, 3.8) is 0 Å². The van der Waals surface area contributed by atoms with Gasteiger partial charge in [0.15, 0.2) is 0 Å². The van der Waals surface area contributed by atoms with E-state index in [0.29, 0.717) is 12.0 Å². The topological polar surface area (TPSA) is 64.6 Å². The molecule has 0 aliphatic carbocycles. The van der Waals surface area contributed by atoms with E-state index in [-0.39, 0.29) is 5.91 Å². The third-order valence-corrected chi connectivity index (χ3v) is 3.97. The van der Waals surface area contributed by atoms with Gasteiger partial charge >= 0.3 is 5.97 Å². The van der Waals surface area contributed by atoms with Crippen molar-refractivity contribution in [2.24, 2.45) is 0 Å². The molecular weight excluding hydrogens is 374 g/mol. The largest absolute Gasteiger partial charge is 0.497 e. The van der Waals surface area contributed by atoms with Crippen LogP contribution in [0.3, 0.4) is 0 Å². The third kappa shape index (κ3) is 4.83. The molecule has 0 bridgehead atoms. The van der Waals surface area contributed by atoms with Gasteiger partial charge in [-0.3, -0.25) is 4.79 Å². The number of ether oxygens (including phenoxy) is 2. The molecule has 0 radical (unpaired) electrons. The standard InChI is InChI=1S/C18H18BrNO4/c1-23-15-8-6-12(7-9-15)10-16(18(22)24-2)20-17(21)13-4-3-5-14(19)11-13/h3-9,11,16H,10H2,1-2H3,(H,20,21)/t16-/m0/s1. The third-order valence-electron chi connectivity index (χ3n) is 3.48. The van der Waals surface area contributed by atoms with Gasteiger partial charge in [-0.25, -0.2) is 4.79 Å². The summed E-state index contributed by atoms with van der Waals surface area (Å²) in [6.45, 7) is 0. The number of methoxy groups -OCH3 is 2. The summed E-state index contributed by atoms with van der Waals surface area (Å²) in [5, 5.41) is 2.72. The van der Waals surface area contributed by atoms with Gasteiger partial charge < -0.3 is 14.8 Å². The van der Waals surface area contributed by atoms with Gasteiger partial charge in [-0.2, -0.15) is 0 Å². The first-order valence-electron chi connectivity index (χ1n) is 7.30. The summed E-state index contributed by atoms with van der Waals surface area (Å²) in [6.07, 6.45) is 0.330. The Hall–Kier alpha value is -2.34. The van der Waals surface area contributed by atoms with E-state index in [1.807, 2.05) is 18.2 Å². The minimum atomic E-state index is -0.769. The quantitative estimate of drug-likeness (QED) is 0.768. The van der Waals surface area contributed by atoms with Crippen molar-refractivity contribution in [3.05, 3.63) is 64.1 Å². The van der Waals surface area contributed by atoms with Crippen molar-refractivity contribution in [2.75, 3.05) is 14.2 Å². The Morgan fingerprint density at radius 1 is 1.12 bits per heavy atom. The number of halogens is 1. The number of hydrogen-bond acceptors (Lipinski definition) is 4. The highest BCUT2D eigenvalue weighted by Gasteiger charge is 2.22. The molecule has 126 valence electrons. The molecule has 5 nitrogen and oxygen atoms in total. The zero-order valence-corrected chi connectivity index (χ0v) is 15.0. The molecule has 0 saturated heterocycles. The number of rotatable bonds is 6. The number of carbonyl (C=O) groups is 2. The van der Waals surface area contributed by atoms with Crippen molar-refractivity contribution >= 4 is 27.8 Å². The van der Waals surface area contributed by atoms with Crippen LogP contribution >= 0.6 is 15.9 Å². The smallest absolute Gasteiger partial charge is 0.328 e. The van der Waals surface area contributed by atoms with E-state index in [1.165, 1.54) is 7.11 Å². The first-order valence-corrected chi connectivity index (χ1v) is 8.10. The molecule has 2 aromatic rings. The molecule has 0 saturated carbocycles. The van der Waals surface area contributed by atoms with Gasteiger partial charge in [0.25, 0.3) is 5.91 Å². The predicted molar refractivity (Wildman–Crippen MR) is 94.1 cm³/mol. The maximum atomic E-state index is 12.4. The van der Waals surface area contributed by atoms with Crippen molar-refractivity contribution in [3.8, 4) is 5.75 Å². The Labute approximate surface area is 149 Å². The van der Waals surface area contributed by atoms with E-state index in [9.17, 15) is 9.59 Å². The SMILES string of the molecule is COC(=O)[C@H](Cc1ccc(OC)cc1)NC(=O)c1cccc(Br)c1. The molecule has 0 fully saturated rings. The van der Waals surface area contributed by atoms with Crippen LogP contribution in [-0.2, 0) is 16.0 Å². The second-order valence-corrected chi connectivity index (χ2v) is 6.03. The number of hydrogen-bond donors (Lipinski definition) is 1. The van der Waals surface area contributed by atoms with E-state index in [0.717, 1.165) is 15.8 Å². The lowest BCUT2D eigenvalue weighted by molar-refractivity contribution is -0.142. The lowest BCUT2D eigenvalue weighted by atomic mass is 10.1. The molecule has 0 aliphatic rings. The Morgan fingerprint density at radius 2 is 1.83 bits per heavy atom. The highest BCUT2D eigenvalue weighted by molar-refractivity contribution is 9.10. The lowest BCUT2D eigenvalue weighted by Crippen LogP contribution is -2.43. The van der Waals surface area contributed by atoms with Crippen molar-refractivity contribution in [1.29, 1.82) is 0 Å². The first-order chi connectivity index (χ1) is 11.5. The van der Waals surface area contributed by atoms with Crippen LogP contribution in [0.2, 0.25) is 0 Å². The van der Waals surface area contributed by atoms with Crippen LogP contribution in [0, 0.1) is 0 Å². The average Bonchev–Trinajstić information content (AvgIpc) is 2.61. The average molecular weight is 392 g/mol. The molecule has 0 unspecified atom stereocenters. The van der Waals surface area contributed by atoms with Crippen LogP contribution in [0.15, 0.2) is 53.0 Å². The number of amides is 1. The fourth-order valence-electron chi connectivity index (χ4n) is 2.20. The van der Waals surface area contributed by atoms with Gasteiger partial charge in [-0.05, 0) is 35.9 Å². The van der Waals surface area contributed by atoms with Crippen LogP contribution in [0.25, 0.3) is 0 Å². The molecule has 1 atom stereocenters. The second kappa shape index (κ2) is 8.49. The lowest BCUT2D eigenvalue weighted by Gasteiger charge is -2.17. The van der Waals surface area contributed by atoms with Crippen molar-refractivity contribution < 1.29 is 19.1 Å². The summed E-state index contributed by atoms with van der Waals surface area (Å²) >= 11 is 3.32. The molecular formula is C18H18BrNO4. The Bertz CT molecular complexity index is 715. The van der Waals surface area contributed by atoms with E-state index in [1.54, 1.807) is 37.4 Å². The molecule has 24 heavy (non-hydrogen) atoms. The van der Waals surface area contributed by atoms with E-state index in [2.05, 4.69) is 21.2 Å². The normalized spacial score (nSPS) is 11.5. The van der Waals surface area contributed by atoms with Gasteiger partial charge in [0.05, 0.1) is 14.2 Å². The van der Waals surface area contributed by atoms with Gasteiger partial charge in [-0.1, -0.05) is 34.1 Å². The van der Waals surface area contributed by atoms with Gasteiger partial charge in [-0.15, -0.1) is 0 Å². The fraction of sp³-hybridized carbons (Fsp3) is 0.222. The van der Waals surface area contributed by atoms with E-state index >= 15 is 0 Å².